The quantitative estimate of drug-likeness (QED) is 0.0241. The van der Waals surface area contributed by atoms with Crippen LogP contribution >= 0.6 is 7.82 Å². The number of carbonyl (C=O) groups is 2. The molecule has 0 aliphatic carbocycles. The summed E-state index contributed by atoms with van der Waals surface area (Å²) >= 11 is 0. The second-order valence-electron chi connectivity index (χ2n) is 13.6. The first-order valence-corrected chi connectivity index (χ1v) is 19.9. The van der Waals surface area contributed by atoms with Crippen molar-refractivity contribution < 1.29 is 42.1 Å². The summed E-state index contributed by atoms with van der Waals surface area (Å²) in [6.07, 6.45) is 26.9. The number of hydrogen-bond donors (Lipinski definition) is 1. The van der Waals surface area contributed by atoms with Crippen LogP contribution in [-0.4, -0.2) is 74.9 Å². The van der Waals surface area contributed by atoms with E-state index in [9.17, 15) is 19.0 Å². The maximum atomic E-state index is 12.6. The molecular weight excluding hydrogens is 605 g/mol. The summed E-state index contributed by atoms with van der Waals surface area (Å²) in [6.45, 7) is 4.36. The van der Waals surface area contributed by atoms with Crippen molar-refractivity contribution in [3.05, 3.63) is 12.2 Å². The second kappa shape index (κ2) is 29.9. The molecule has 10 heteroatoms. The molecule has 2 atom stereocenters. The second-order valence-corrected chi connectivity index (χ2v) is 15.1. The minimum atomic E-state index is -4.36. The van der Waals surface area contributed by atoms with Crippen molar-refractivity contribution in [2.45, 2.75) is 161 Å². The molecule has 9 nitrogen and oxygen atoms in total. The molecule has 0 rings (SSSR count). The van der Waals surface area contributed by atoms with Crippen LogP contribution in [0, 0.1) is 0 Å². The van der Waals surface area contributed by atoms with E-state index >= 15 is 0 Å². The molecule has 0 heterocycles. The topological polar surface area (TPSA) is 108 Å². The third kappa shape index (κ3) is 32.7. The van der Waals surface area contributed by atoms with E-state index in [1.54, 1.807) is 0 Å². The highest BCUT2D eigenvalue weighted by Gasteiger charge is 2.27. The third-order valence-electron chi connectivity index (χ3n) is 7.80. The van der Waals surface area contributed by atoms with Crippen molar-refractivity contribution in [3.63, 3.8) is 0 Å². The Morgan fingerprint density at radius 3 is 1.65 bits per heavy atom. The van der Waals surface area contributed by atoms with Gasteiger partial charge >= 0.3 is 19.8 Å². The summed E-state index contributed by atoms with van der Waals surface area (Å²) < 4.78 is 34.1. The molecule has 0 saturated heterocycles. The van der Waals surface area contributed by atoms with Crippen LogP contribution in [0.15, 0.2) is 12.2 Å². The average Bonchev–Trinajstić information content (AvgIpc) is 2.99. The Labute approximate surface area is 282 Å². The lowest BCUT2D eigenvalue weighted by Gasteiger charge is -2.24. The van der Waals surface area contributed by atoms with Gasteiger partial charge in [0.1, 0.15) is 19.8 Å². The molecule has 46 heavy (non-hydrogen) atoms. The van der Waals surface area contributed by atoms with Gasteiger partial charge in [0.25, 0.3) is 0 Å². The van der Waals surface area contributed by atoms with E-state index in [1.165, 1.54) is 70.6 Å². The number of phosphoric acid groups is 1. The Morgan fingerprint density at radius 1 is 0.652 bits per heavy atom. The van der Waals surface area contributed by atoms with Crippen LogP contribution in [0.1, 0.15) is 155 Å². The molecule has 0 spiro atoms. The summed E-state index contributed by atoms with van der Waals surface area (Å²) in [7, 11) is 1.47. The SMILES string of the molecule is CCCCC/C=C\CCCCCCCC(=O)OC[C@H](COP(=O)(O)OCC[N+](C)(C)C)OC(=O)CCCCCCCCCCCC. The fraction of sp³-hybridized carbons (Fsp3) is 0.889. The van der Waals surface area contributed by atoms with Crippen LogP contribution in [-0.2, 0) is 32.7 Å². The highest BCUT2D eigenvalue weighted by molar-refractivity contribution is 7.47. The van der Waals surface area contributed by atoms with Crippen molar-refractivity contribution >= 4 is 19.8 Å². The summed E-state index contributed by atoms with van der Waals surface area (Å²) in [6, 6.07) is 0. The molecule has 1 unspecified atom stereocenters. The number of allylic oxidation sites excluding steroid dienone is 2. The van der Waals surface area contributed by atoms with Gasteiger partial charge in [-0.2, -0.15) is 0 Å². The van der Waals surface area contributed by atoms with Crippen molar-refractivity contribution in [2.24, 2.45) is 0 Å². The minimum Gasteiger partial charge on any atom is -0.462 e. The summed E-state index contributed by atoms with van der Waals surface area (Å²) in [4.78, 5) is 35.0. The number of unbranched alkanes of at least 4 members (excludes halogenated alkanes) is 17. The van der Waals surface area contributed by atoms with Crippen LogP contribution in [0.3, 0.4) is 0 Å². The molecule has 0 aromatic carbocycles. The van der Waals surface area contributed by atoms with E-state index in [0.717, 1.165) is 51.4 Å². The van der Waals surface area contributed by atoms with Gasteiger partial charge in [-0.15, -0.1) is 0 Å². The van der Waals surface area contributed by atoms with Crippen LogP contribution in [0.4, 0.5) is 0 Å². The summed E-state index contributed by atoms with van der Waals surface area (Å²) in [5.74, 6) is -0.809. The van der Waals surface area contributed by atoms with E-state index in [4.69, 9.17) is 18.5 Å². The number of quaternary nitrogens is 1. The highest BCUT2D eigenvalue weighted by Crippen LogP contribution is 2.43. The van der Waals surface area contributed by atoms with Gasteiger partial charge < -0.3 is 18.9 Å². The Bertz CT molecular complexity index is 814. The van der Waals surface area contributed by atoms with Crippen molar-refractivity contribution in [1.29, 1.82) is 0 Å². The van der Waals surface area contributed by atoms with E-state index in [2.05, 4.69) is 26.0 Å². The van der Waals surface area contributed by atoms with Gasteiger partial charge in [-0.05, 0) is 38.5 Å². The van der Waals surface area contributed by atoms with E-state index in [-0.39, 0.29) is 32.0 Å². The van der Waals surface area contributed by atoms with Gasteiger partial charge in [-0.3, -0.25) is 18.6 Å². The molecule has 0 fully saturated rings. The first-order chi connectivity index (χ1) is 22.0. The van der Waals surface area contributed by atoms with E-state index in [1.807, 2.05) is 21.1 Å². The lowest BCUT2D eigenvalue weighted by atomic mass is 10.1. The van der Waals surface area contributed by atoms with Crippen LogP contribution in [0.25, 0.3) is 0 Å². The van der Waals surface area contributed by atoms with Gasteiger partial charge in [0.15, 0.2) is 6.10 Å². The molecule has 0 aromatic heterocycles. The monoisotopic (exact) mass is 676 g/mol. The zero-order chi connectivity index (χ0) is 34.4. The molecule has 0 saturated carbocycles. The maximum absolute atomic E-state index is 12.6. The van der Waals surface area contributed by atoms with Gasteiger partial charge in [-0.1, -0.05) is 116 Å². The Kier molecular flexibility index (Phi) is 29.0. The average molecular weight is 677 g/mol. The number of esters is 2. The molecule has 272 valence electrons. The number of likely N-dealkylation sites (N-methyl/N-ethyl adjacent to an activating group) is 1. The number of nitrogens with zero attached hydrogens (tertiary/aromatic N) is 1. The summed E-state index contributed by atoms with van der Waals surface area (Å²) in [5.41, 5.74) is 0. The van der Waals surface area contributed by atoms with Crippen LogP contribution in [0.2, 0.25) is 0 Å². The number of carbonyl (C=O) groups excluding carboxylic acids is 2. The zero-order valence-electron chi connectivity index (χ0n) is 30.3. The smallest absolute Gasteiger partial charge is 0.462 e. The highest BCUT2D eigenvalue weighted by atomic mass is 31.2. The molecule has 0 radical (unpaired) electrons. The van der Waals surface area contributed by atoms with Crippen molar-refractivity contribution in [1.82, 2.24) is 0 Å². The van der Waals surface area contributed by atoms with Gasteiger partial charge in [0, 0.05) is 12.8 Å². The van der Waals surface area contributed by atoms with Crippen LogP contribution < -0.4 is 0 Å². The van der Waals surface area contributed by atoms with E-state index in [0.29, 0.717) is 17.4 Å². The predicted molar refractivity (Wildman–Crippen MR) is 188 cm³/mol. The number of rotatable bonds is 33. The number of ether oxygens (including phenoxy) is 2. The molecule has 0 bridgehead atoms. The fourth-order valence-electron chi connectivity index (χ4n) is 4.83. The molecule has 1 N–H and O–H groups in total. The Hall–Kier alpha value is -1.25. The first kappa shape index (κ1) is 44.8. The maximum Gasteiger partial charge on any atom is 0.472 e. The standard InChI is InChI=1S/C36H70NO8P/c1-6-8-10-12-14-16-18-19-21-22-24-26-28-35(38)42-32-34(33-44-46(40,41)43-31-30-37(3,4)5)45-36(39)29-27-25-23-20-17-15-13-11-9-7-2/h14,16,34H,6-13,15,17-33H2,1-5H3/p+1/b16-14-/t34-/m1/s1. The third-order valence-corrected chi connectivity index (χ3v) is 8.78. The predicted octanol–water partition coefficient (Wildman–Crippen LogP) is 9.46. The number of phosphoric ester groups is 1. The molecule has 0 aliphatic rings. The Balaban J connectivity index is 4.46. The molecular formula is C36H71NO8P+. The molecule has 0 amide bonds. The van der Waals surface area contributed by atoms with Crippen molar-refractivity contribution in [2.75, 3.05) is 47.5 Å². The Morgan fingerprint density at radius 2 is 1.11 bits per heavy atom. The minimum absolute atomic E-state index is 0.0329. The van der Waals surface area contributed by atoms with Gasteiger partial charge in [0.05, 0.1) is 27.7 Å². The van der Waals surface area contributed by atoms with Crippen molar-refractivity contribution in [3.8, 4) is 0 Å². The molecule has 0 aromatic rings. The van der Waals surface area contributed by atoms with Crippen LogP contribution in [0.5, 0.6) is 0 Å². The normalized spacial score (nSPS) is 14.0. The van der Waals surface area contributed by atoms with Gasteiger partial charge in [0.2, 0.25) is 0 Å². The number of hydrogen-bond acceptors (Lipinski definition) is 7. The lowest BCUT2D eigenvalue weighted by molar-refractivity contribution is -0.870. The zero-order valence-corrected chi connectivity index (χ0v) is 31.2. The summed E-state index contributed by atoms with van der Waals surface area (Å²) in [5, 5.41) is 0. The molecule has 0 aliphatic heterocycles. The largest absolute Gasteiger partial charge is 0.472 e. The first-order valence-electron chi connectivity index (χ1n) is 18.4. The fourth-order valence-corrected chi connectivity index (χ4v) is 5.57. The van der Waals surface area contributed by atoms with Gasteiger partial charge in [-0.25, -0.2) is 4.57 Å². The van der Waals surface area contributed by atoms with E-state index < -0.39 is 26.5 Å². The lowest BCUT2D eigenvalue weighted by Crippen LogP contribution is -2.37.